The Morgan fingerprint density at radius 2 is 2.19 bits per heavy atom. The number of aromatic amines is 1. The van der Waals surface area contributed by atoms with Gasteiger partial charge < -0.3 is 15.0 Å². The zero-order valence-corrected chi connectivity index (χ0v) is 8.69. The summed E-state index contributed by atoms with van der Waals surface area (Å²) in [7, 11) is 0. The monoisotopic (exact) mass is 235 g/mol. The lowest BCUT2D eigenvalue weighted by molar-refractivity contribution is -0.141. The van der Waals surface area contributed by atoms with Gasteiger partial charge in [0.05, 0.1) is 19.3 Å². The summed E-state index contributed by atoms with van der Waals surface area (Å²) >= 11 is 0. The van der Waals surface area contributed by atoms with Gasteiger partial charge in [0.25, 0.3) is 0 Å². The highest BCUT2D eigenvalue weighted by atomic mass is 19.4. The highest BCUT2D eigenvalue weighted by Gasteiger charge is 2.37. The molecule has 0 radical (unpaired) electrons. The van der Waals surface area contributed by atoms with Crippen LogP contribution in [-0.4, -0.2) is 29.7 Å². The fraction of sp³-hybridized carbons (Fsp3) is 0.667. The van der Waals surface area contributed by atoms with Crippen LogP contribution in [0.3, 0.4) is 0 Å². The zero-order chi connectivity index (χ0) is 11.8. The van der Waals surface area contributed by atoms with Crippen LogP contribution < -0.4 is 5.32 Å². The molecule has 90 valence electrons. The SMILES string of the molecule is Cc1[nH]c(C2COCCN2)nc1C(F)(F)F. The molecular weight excluding hydrogens is 223 g/mol. The maximum absolute atomic E-state index is 12.5. The van der Waals surface area contributed by atoms with E-state index in [4.69, 9.17) is 4.74 Å². The predicted octanol–water partition coefficient (Wildman–Crippen LogP) is 1.40. The number of hydrogen-bond donors (Lipinski definition) is 2. The van der Waals surface area contributed by atoms with Gasteiger partial charge in [0.1, 0.15) is 5.82 Å². The standard InChI is InChI=1S/C9H12F3N3O/c1-5-7(9(10,11)12)15-8(14-5)6-4-16-3-2-13-6/h6,13H,2-4H2,1H3,(H,14,15). The number of morpholine rings is 1. The summed E-state index contributed by atoms with van der Waals surface area (Å²) in [4.78, 5) is 6.23. The van der Waals surface area contributed by atoms with E-state index in [0.717, 1.165) is 0 Å². The molecule has 0 aromatic carbocycles. The van der Waals surface area contributed by atoms with Crippen LogP contribution in [0.2, 0.25) is 0 Å². The largest absolute Gasteiger partial charge is 0.435 e. The topological polar surface area (TPSA) is 49.9 Å². The molecule has 0 aliphatic carbocycles. The Hall–Kier alpha value is -1.08. The molecular formula is C9H12F3N3O. The highest BCUT2D eigenvalue weighted by molar-refractivity contribution is 5.18. The molecule has 0 bridgehead atoms. The number of aryl methyl sites for hydroxylation is 1. The third kappa shape index (κ3) is 2.19. The third-order valence-corrected chi connectivity index (χ3v) is 2.42. The van der Waals surface area contributed by atoms with Crippen molar-refractivity contribution in [3.05, 3.63) is 17.2 Å². The minimum Gasteiger partial charge on any atom is -0.378 e. The number of nitrogens with one attached hydrogen (secondary N) is 2. The van der Waals surface area contributed by atoms with E-state index >= 15 is 0 Å². The van der Waals surface area contributed by atoms with Crippen LogP contribution in [-0.2, 0) is 10.9 Å². The summed E-state index contributed by atoms with van der Waals surface area (Å²) in [5.41, 5.74) is -0.815. The molecule has 1 unspecified atom stereocenters. The summed E-state index contributed by atoms with van der Waals surface area (Å²) in [6.45, 7) is 2.89. The molecule has 0 amide bonds. The van der Waals surface area contributed by atoms with Crippen molar-refractivity contribution in [2.45, 2.75) is 19.1 Å². The number of H-pyrrole nitrogens is 1. The Bertz CT molecular complexity index is 369. The molecule has 1 saturated heterocycles. The van der Waals surface area contributed by atoms with Gasteiger partial charge in [-0.05, 0) is 6.92 Å². The second-order valence-corrected chi connectivity index (χ2v) is 3.68. The molecule has 0 saturated carbocycles. The van der Waals surface area contributed by atoms with Crippen molar-refractivity contribution in [2.75, 3.05) is 19.8 Å². The average Bonchev–Trinajstić information content (AvgIpc) is 2.61. The number of hydrogen-bond acceptors (Lipinski definition) is 3. The number of aromatic nitrogens is 2. The second kappa shape index (κ2) is 4.06. The number of rotatable bonds is 1. The summed E-state index contributed by atoms with van der Waals surface area (Å²) in [5, 5.41) is 3.04. The quantitative estimate of drug-likeness (QED) is 0.773. The Morgan fingerprint density at radius 1 is 1.44 bits per heavy atom. The Morgan fingerprint density at radius 3 is 2.69 bits per heavy atom. The van der Waals surface area contributed by atoms with E-state index in [1.807, 2.05) is 0 Å². The van der Waals surface area contributed by atoms with Gasteiger partial charge in [0.15, 0.2) is 5.69 Å². The Kier molecular flexibility index (Phi) is 2.90. The van der Waals surface area contributed by atoms with Crippen molar-refractivity contribution in [1.82, 2.24) is 15.3 Å². The maximum Gasteiger partial charge on any atom is 0.435 e. The molecule has 7 heteroatoms. The number of imidazole rings is 1. The molecule has 0 spiro atoms. The number of nitrogens with zero attached hydrogens (tertiary/aromatic N) is 1. The van der Waals surface area contributed by atoms with E-state index in [-0.39, 0.29) is 17.6 Å². The number of alkyl halides is 3. The molecule has 1 aromatic rings. The van der Waals surface area contributed by atoms with Gasteiger partial charge in [-0.1, -0.05) is 0 Å². The van der Waals surface area contributed by atoms with Crippen LogP contribution in [0.25, 0.3) is 0 Å². The van der Waals surface area contributed by atoms with Crippen molar-refractivity contribution < 1.29 is 17.9 Å². The third-order valence-electron chi connectivity index (χ3n) is 2.42. The average molecular weight is 235 g/mol. The van der Waals surface area contributed by atoms with Crippen LogP contribution in [0.1, 0.15) is 23.3 Å². The van der Waals surface area contributed by atoms with Gasteiger partial charge in [-0.3, -0.25) is 0 Å². The van der Waals surface area contributed by atoms with E-state index in [1.54, 1.807) is 0 Å². The summed E-state index contributed by atoms with van der Waals surface area (Å²) < 4.78 is 42.7. The summed E-state index contributed by atoms with van der Waals surface area (Å²) in [6, 6.07) is -0.288. The summed E-state index contributed by atoms with van der Waals surface area (Å²) in [6.07, 6.45) is -4.41. The smallest absolute Gasteiger partial charge is 0.378 e. The lowest BCUT2D eigenvalue weighted by Gasteiger charge is -2.21. The van der Waals surface area contributed by atoms with Gasteiger partial charge in [0.2, 0.25) is 0 Å². The lowest BCUT2D eigenvalue weighted by atomic mass is 10.2. The highest BCUT2D eigenvalue weighted by Crippen LogP contribution is 2.31. The predicted molar refractivity (Wildman–Crippen MR) is 49.9 cm³/mol. The van der Waals surface area contributed by atoms with E-state index < -0.39 is 11.9 Å². The minimum atomic E-state index is -4.41. The van der Waals surface area contributed by atoms with Crippen molar-refractivity contribution in [1.29, 1.82) is 0 Å². The zero-order valence-electron chi connectivity index (χ0n) is 8.69. The molecule has 1 aliphatic heterocycles. The fourth-order valence-corrected chi connectivity index (χ4v) is 1.67. The van der Waals surface area contributed by atoms with Gasteiger partial charge >= 0.3 is 6.18 Å². The van der Waals surface area contributed by atoms with Gasteiger partial charge in [-0.2, -0.15) is 13.2 Å². The van der Waals surface area contributed by atoms with Gasteiger partial charge in [0, 0.05) is 12.2 Å². The first-order valence-corrected chi connectivity index (χ1v) is 4.93. The van der Waals surface area contributed by atoms with Gasteiger partial charge in [-0.25, -0.2) is 4.98 Å². The van der Waals surface area contributed by atoms with E-state index in [1.165, 1.54) is 6.92 Å². The van der Waals surface area contributed by atoms with E-state index in [9.17, 15) is 13.2 Å². The molecule has 4 nitrogen and oxygen atoms in total. The second-order valence-electron chi connectivity index (χ2n) is 3.68. The minimum absolute atomic E-state index is 0.0369. The number of halogens is 3. The van der Waals surface area contributed by atoms with Crippen LogP contribution in [0, 0.1) is 6.92 Å². The molecule has 16 heavy (non-hydrogen) atoms. The Balaban J connectivity index is 2.23. The summed E-state index contributed by atoms with van der Waals surface area (Å²) in [5.74, 6) is 0.282. The molecule has 2 N–H and O–H groups in total. The molecule has 1 fully saturated rings. The van der Waals surface area contributed by atoms with Crippen LogP contribution in [0.15, 0.2) is 0 Å². The van der Waals surface area contributed by atoms with Crippen molar-refractivity contribution in [3.8, 4) is 0 Å². The van der Waals surface area contributed by atoms with E-state index in [0.29, 0.717) is 19.8 Å². The van der Waals surface area contributed by atoms with Crippen molar-refractivity contribution in [2.24, 2.45) is 0 Å². The molecule has 1 aromatic heterocycles. The fourth-order valence-electron chi connectivity index (χ4n) is 1.67. The van der Waals surface area contributed by atoms with Crippen molar-refractivity contribution in [3.63, 3.8) is 0 Å². The number of ether oxygens (including phenoxy) is 1. The van der Waals surface area contributed by atoms with E-state index in [2.05, 4.69) is 15.3 Å². The van der Waals surface area contributed by atoms with Crippen LogP contribution >= 0.6 is 0 Å². The first-order valence-electron chi connectivity index (χ1n) is 4.93. The maximum atomic E-state index is 12.5. The van der Waals surface area contributed by atoms with Crippen molar-refractivity contribution >= 4 is 0 Å². The molecule has 1 aliphatic rings. The lowest BCUT2D eigenvalue weighted by Crippen LogP contribution is -2.35. The molecule has 2 heterocycles. The van der Waals surface area contributed by atoms with Gasteiger partial charge in [-0.15, -0.1) is 0 Å². The molecule has 1 atom stereocenters. The first-order chi connectivity index (χ1) is 7.48. The van der Waals surface area contributed by atoms with Crippen LogP contribution in [0.4, 0.5) is 13.2 Å². The first kappa shape index (κ1) is 11.4. The normalized spacial score (nSPS) is 22.4. The molecule has 2 rings (SSSR count). The van der Waals surface area contributed by atoms with Crippen LogP contribution in [0.5, 0.6) is 0 Å². The Labute approximate surface area is 90.2 Å².